The van der Waals surface area contributed by atoms with Crippen LogP contribution in [0.5, 0.6) is 0 Å². The van der Waals surface area contributed by atoms with Gasteiger partial charge in [-0.15, -0.1) is 12.3 Å². The van der Waals surface area contributed by atoms with E-state index in [1.54, 1.807) is 0 Å². The summed E-state index contributed by atoms with van der Waals surface area (Å²) in [4.78, 5) is 0. The van der Waals surface area contributed by atoms with Gasteiger partial charge in [0.25, 0.3) is 0 Å². The molecule has 0 fully saturated rings. The largest absolute Gasteiger partial charge is 0.876 e. The molecule has 0 saturated heterocycles. The van der Waals surface area contributed by atoms with E-state index in [2.05, 4.69) is 18.3 Å². The maximum atomic E-state index is 9.33. The quantitative estimate of drug-likeness (QED) is 0.220. The maximum Gasteiger partial charge on any atom is -0.0549 e. The zero-order valence-electron chi connectivity index (χ0n) is 3.77. The van der Waals surface area contributed by atoms with Gasteiger partial charge in [0.1, 0.15) is 0 Å². The van der Waals surface area contributed by atoms with Gasteiger partial charge in [-0.1, -0.05) is 6.92 Å². The minimum Gasteiger partial charge on any atom is -0.876 e. The molecule has 6 heavy (non-hydrogen) atoms. The third-order valence-corrected chi connectivity index (χ3v) is 0. The van der Waals surface area contributed by atoms with Crippen molar-refractivity contribution in [3.63, 3.8) is 0 Å². The minimum absolute atomic E-state index is 0.0833. The Balaban J connectivity index is 0. The summed E-state index contributed by atoms with van der Waals surface area (Å²) in [5.74, 6) is 7.92. The second-order valence-corrected chi connectivity index (χ2v) is 0.702. The average Bonchev–Trinajstić information content (AvgIpc) is 1.41. The zero-order chi connectivity index (χ0) is 5.58. The van der Waals surface area contributed by atoms with Crippen LogP contribution in [0.15, 0.2) is 12.3 Å². The maximum absolute atomic E-state index is 9.33. The van der Waals surface area contributed by atoms with E-state index in [1.807, 2.05) is 0 Å². The van der Waals surface area contributed by atoms with Crippen LogP contribution in [0.4, 0.5) is 0 Å². The number of rotatable bonds is 0. The van der Waals surface area contributed by atoms with Crippen molar-refractivity contribution in [2.45, 2.75) is 6.92 Å². The van der Waals surface area contributed by atoms with Crippen LogP contribution in [-0.2, 0) is 0 Å². The van der Waals surface area contributed by atoms with Crippen molar-refractivity contribution in [2.24, 2.45) is 11.7 Å². The fourth-order valence-electron chi connectivity index (χ4n) is 0. The molecule has 0 aliphatic heterocycles. The molecule has 0 aliphatic carbocycles. The molecule has 3 heteroatoms. The number of hydrogen-bond acceptors (Lipinski definition) is 3. The van der Waals surface area contributed by atoms with Gasteiger partial charge in [-0.25, -0.2) is 0 Å². The summed E-state index contributed by atoms with van der Waals surface area (Å²) in [7, 11) is 0. The fraction of sp³-hybridized carbons (Fsp3) is 0.333. The highest BCUT2D eigenvalue weighted by Crippen LogP contribution is 1.57. The van der Waals surface area contributed by atoms with Gasteiger partial charge in [0.05, 0.1) is 0 Å². The molecule has 3 nitrogen and oxygen atoms in total. The second-order valence-electron chi connectivity index (χ2n) is 0.702. The first-order valence-corrected chi connectivity index (χ1v) is 1.39. The first-order valence-electron chi connectivity index (χ1n) is 1.39. The van der Waals surface area contributed by atoms with Gasteiger partial charge in [-0.05, 0) is 0 Å². The molecule has 0 atom stereocenters. The first-order chi connectivity index (χ1) is 2.73. The Morgan fingerprint density at radius 3 is 1.67 bits per heavy atom. The Morgan fingerprint density at radius 1 is 1.67 bits per heavy atom. The van der Waals surface area contributed by atoms with Gasteiger partial charge in [0.15, 0.2) is 0 Å². The Labute approximate surface area is 37.2 Å². The predicted molar refractivity (Wildman–Crippen MR) is 23.2 cm³/mol. The van der Waals surface area contributed by atoms with Gasteiger partial charge < -0.3 is 5.11 Å². The summed E-state index contributed by atoms with van der Waals surface area (Å²) >= 11 is 0. The standard InChI is InChI=1S/C3H6O.H4N2/c1-3(2)4;1-2/h4H,1H2,2H3;1-2H2/p-1. The second kappa shape index (κ2) is 8.82. The van der Waals surface area contributed by atoms with Crippen LogP contribution in [0, 0.1) is 0 Å². The molecule has 0 spiro atoms. The van der Waals surface area contributed by atoms with Crippen LogP contribution < -0.4 is 16.8 Å². The van der Waals surface area contributed by atoms with Gasteiger partial charge in [-0.3, -0.25) is 11.7 Å². The molecule has 0 aromatic rings. The zero-order valence-corrected chi connectivity index (χ0v) is 3.77. The van der Waals surface area contributed by atoms with Crippen LogP contribution in [0.25, 0.3) is 0 Å². The van der Waals surface area contributed by atoms with Gasteiger partial charge in [-0.2, -0.15) is 0 Å². The Hall–Kier alpha value is -0.540. The lowest BCUT2D eigenvalue weighted by molar-refractivity contribution is -0.300. The third kappa shape index (κ3) is 71.8. The highest BCUT2D eigenvalue weighted by atomic mass is 16.3. The van der Waals surface area contributed by atoms with Crippen LogP contribution in [0.1, 0.15) is 6.92 Å². The van der Waals surface area contributed by atoms with E-state index in [4.69, 9.17) is 0 Å². The molecule has 0 bridgehead atoms. The molecule has 0 unspecified atom stereocenters. The summed E-state index contributed by atoms with van der Waals surface area (Å²) in [5, 5.41) is 9.33. The fourth-order valence-corrected chi connectivity index (χ4v) is 0. The van der Waals surface area contributed by atoms with Crippen molar-refractivity contribution in [1.29, 1.82) is 0 Å². The van der Waals surface area contributed by atoms with Gasteiger partial charge in [0, 0.05) is 0 Å². The first kappa shape index (κ1) is 9.07. The molecule has 0 aromatic heterocycles. The number of hydrogen-bond donors (Lipinski definition) is 2. The summed E-state index contributed by atoms with van der Waals surface area (Å²) in [6.45, 7) is 4.42. The van der Waals surface area contributed by atoms with Gasteiger partial charge in [0.2, 0.25) is 0 Å². The van der Waals surface area contributed by atoms with Crippen LogP contribution in [0.3, 0.4) is 0 Å². The molecule has 0 aromatic carbocycles. The Kier molecular flexibility index (Phi) is 13.3. The molecule has 0 rings (SSSR count). The van der Waals surface area contributed by atoms with Crippen molar-refractivity contribution >= 4 is 0 Å². The van der Waals surface area contributed by atoms with Crippen molar-refractivity contribution < 1.29 is 5.11 Å². The highest BCUT2D eigenvalue weighted by molar-refractivity contribution is 4.64. The number of nitrogens with two attached hydrogens (primary N) is 2. The average molecular weight is 89.1 g/mol. The Bertz CT molecular complexity index is 31.8. The normalized spacial score (nSPS) is 5.17. The lowest BCUT2D eigenvalue weighted by Crippen LogP contribution is -2.02. The summed E-state index contributed by atoms with van der Waals surface area (Å²) in [6, 6.07) is 0. The Morgan fingerprint density at radius 2 is 1.67 bits per heavy atom. The van der Waals surface area contributed by atoms with E-state index in [-0.39, 0.29) is 5.76 Å². The molecular weight excluding hydrogens is 80.0 g/mol. The molecular formula is C3H9N2O-. The van der Waals surface area contributed by atoms with Crippen molar-refractivity contribution in [3.05, 3.63) is 12.3 Å². The molecule has 0 aliphatic rings. The van der Waals surface area contributed by atoms with E-state index in [0.29, 0.717) is 0 Å². The summed E-state index contributed by atoms with van der Waals surface area (Å²) in [5.41, 5.74) is 0. The lowest BCUT2D eigenvalue weighted by Gasteiger charge is -1.92. The smallest absolute Gasteiger partial charge is 0.0549 e. The van der Waals surface area contributed by atoms with Crippen LogP contribution >= 0.6 is 0 Å². The molecule has 38 valence electrons. The van der Waals surface area contributed by atoms with Crippen LogP contribution in [-0.4, -0.2) is 0 Å². The molecule has 4 N–H and O–H groups in total. The lowest BCUT2D eigenvalue weighted by atomic mass is 10.7. The van der Waals surface area contributed by atoms with E-state index in [0.717, 1.165) is 0 Å². The van der Waals surface area contributed by atoms with E-state index in [1.165, 1.54) is 6.92 Å². The predicted octanol–water partition coefficient (Wildman–Crippen LogP) is -1.30. The summed E-state index contributed by atoms with van der Waals surface area (Å²) < 4.78 is 0. The molecule has 0 radical (unpaired) electrons. The third-order valence-electron chi connectivity index (χ3n) is 0. The monoisotopic (exact) mass is 89.1 g/mol. The van der Waals surface area contributed by atoms with Crippen LogP contribution in [0.2, 0.25) is 0 Å². The SMILES string of the molecule is C=C(C)[O-].NN. The van der Waals surface area contributed by atoms with Crippen molar-refractivity contribution in [1.82, 2.24) is 0 Å². The van der Waals surface area contributed by atoms with Crippen molar-refractivity contribution in [2.75, 3.05) is 0 Å². The highest BCUT2D eigenvalue weighted by Gasteiger charge is 1.36. The number of hydrazine groups is 1. The summed E-state index contributed by atoms with van der Waals surface area (Å²) in [6.07, 6.45) is 0. The number of allylic oxidation sites excluding steroid dienone is 1. The van der Waals surface area contributed by atoms with Crippen molar-refractivity contribution in [3.8, 4) is 0 Å². The van der Waals surface area contributed by atoms with E-state index in [9.17, 15) is 5.11 Å². The van der Waals surface area contributed by atoms with Gasteiger partial charge >= 0.3 is 0 Å². The minimum atomic E-state index is -0.0833. The topological polar surface area (TPSA) is 75.1 Å². The molecule has 0 heterocycles. The van der Waals surface area contributed by atoms with E-state index < -0.39 is 0 Å². The van der Waals surface area contributed by atoms with E-state index >= 15 is 0 Å². The molecule has 0 saturated carbocycles. The molecule has 0 amide bonds.